The smallest absolute Gasteiger partial charge is 0.0642 e. The Kier molecular flexibility index (Phi) is 3.77. The Morgan fingerprint density at radius 1 is 1.23 bits per heavy atom. The maximum absolute atomic E-state index is 5.25. The fraction of sp³-hybridized carbons (Fsp3) is 0.455. The normalized spacial score (nSPS) is 17.8. The van der Waals surface area contributed by atoms with E-state index in [0.29, 0.717) is 0 Å². The van der Waals surface area contributed by atoms with E-state index >= 15 is 0 Å². The van der Waals surface area contributed by atoms with Gasteiger partial charge in [0.05, 0.1) is 13.2 Å². The van der Waals surface area contributed by atoms with Gasteiger partial charge in [-0.25, -0.2) is 0 Å². The van der Waals surface area contributed by atoms with Crippen LogP contribution in [0.5, 0.6) is 0 Å². The molecule has 0 amide bonds. The molecule has 1 heterocycles. The lowest BCUT2D eigenvalue weighted by molar-refractivity contribution is 0.0556. The molecule has 0 aliphatic carbocycles. The van der Waals surface area contributed by atoms with Gasteiger partial charge in [-0.3, -0.25) is 0 Å². The molecule has 0 radical (unpaired) electrons. The second-order valence-corrected chi connectivity index (χ2v) is 3.27. The molecule has 0 saturated carbocycles. The minimum Gasteiger partial charge on any atom is -0.378 e. The number of nitrogens with zero attached hydrogens (tertiary/aromatic N) is 1. The summed E-state index contributed by atoms with van der Waals surface area (Å²) in [4.78, 5) is 2.23. The molecule has 0 atom stereocenters. The molecule has 0 aromatic carbocycles. The second-order valence-electron chi connectivity index (χ2n) is 3.27. The molecule has 0 aromatic rings. The lowest BCUT2D eigenvalue weighted by Gasteiger charge is -2.28. The van der Waals surface area contributed by atoms with Crippen molar-refractivity contribution in [2.75, 3.05) is 26.3 Å². The highest BCUT2D eigenvalue weighted by atomic mass is 16.5. The summed E-state index contributed by atoms with van der Waals surface area (Å²) >= 11 is 0. The quantitative estimate of drug-likeness (QED) is 0.614. The number of hydrogen-bond donors (Lipinski definition) is 0. The zero-order valence-corrected chi connectivity index (χ0v) is 8.25. The van der Waals surface area contributed by atoms with Crippen LogP contribution in [-0.2, 0) is 4.74 Å². The van der Waals surface area contributed by atoms with Crippen LogP contribution < -0.4 is 0 Å². The molecule has 0 aromatic heterocycles. The zero-order valence-electron chi connectivity index (χ0n) is 8.25. The van der Waals surface area contributed by atoms with Crippen LogP contribution in [0.25, 0.3) is 0 Å². The van der Waals surface area contributed by atoms with Crippen molar-refractivity contribution in [2.24, 2.45) is 0 Å². The van der Waals surface area contributed by atoms with Gasteiger partial charge in [0, 0.05) is 18.8 Å². The Balaban J connectivity index is 2.41. The van der Waals surface area contributed by atoms with Gasteiger partial charge in [-0.2, -0.15) is 0 Å². The monoisotopic (exact) mass is 179 g/mol. The van der Waals surface area contributed by atoms with Crippen molar-refractivity contribution in [1.29, 1.82) is 0 Å². The van der Waals surface area contributed by atoms with Gasteiger partial charge in [0.1, 0.15) is 0 Å². The molecule has 72 valence electrons. The summed E-state index contributed by atoms with van der Waals surface area (Å²) in [6.45, 7) is 13.3. The third-order valence-corrected chi connectivity index (χ3v) is 1.98. The summed E-state index contributed by atoms with van der Waals surface area (Å²) < 4.78 is 5.25. The van der Waals surface area contributed by atoms with Crippen molar-refractivity contribution >= 4 is 0 Å². The topological polar surface area (TPSA) is 12.5 Å². The Morgan fingerprint density at radius 2 is 1.85 bits per heavy atom. The molecular formula is C11H17NO. The van der Waals surface area contributed by atoms with Crippen LogP contribution in [0.15, 0.2) is 36.6 Å². The average molecular weight is 179 g/mol. The molecule has 0 N–H and O–H groups in total. The molecule has 2 heteroatoms. The zero-order chi connectivity index (χ0) is 9.68. The van der Waals surface area contributed by atoms with Gasteiger partial charge in [-0.1, -0.05) is 24.8 Å². The first-order valence-corrected chi connectivity index (χ1v) is 4.55. The minimum absolute atomic E-state index is 0.805. The maximum atomic E-state index is 5.25. The van der Waals surface area contributed by atoms with Gasteiger partial charge in [0.15, 0.2) is 0 Å². The summed E-state index contributed by atoms with van der Waals surface area (Å²) in [5, 5.41) is 0. The molecule has 1 aliphatic heterocycles. The molecule has 0 spiro atoms. The summed E-state index contributed by atoms with van der Waals surface area (Å²) in [5.74, 6) is 0. The third kappa shape index (κ3) is 3.47. The molecule has 0 unspecified atom stereocenters. The second kappa shape index (κ2) is 4.87. The largest absolute Gasteiger partial charge is 0.378 e. The van der Waals surface area contributed by atoms with Crippen molar-refractivity contribution < 1.29 is 4.74 Å². The van der Waals surface area contributed by atoms with E-state index in [1.165, 1.54) is 0 Å². The van der Waals surface area contributed by atoms with Crippen molar-refractivity contribution in [3.8, 4) is 0 Å². The summed E-state index contributed by atoms with van der Waals surface area (Å²) in [7, 11) is 0. The van der Waals surface area contributed by atoms with E-state index in [1.54, 1.807) is 0 Å². The fourth-order valence-electron chi connectivity index (χ4n) is 1.19. The average Bonchev–Trinajstić information content (AvgIpc) is 2.15. The van der Waals surface area contributed by atoms with E-state index in [2.05, 4.69) is 18.1 Å². The predicted octanol–water partition coefficient (Wildman–Crippen LogP) is 1.96. The summed E-state index contributed by atoms with van der Waals surface area (Å²) in [6.07, 6.45) is 3.99. The highest BCUT2D eigenvalue weighted by Gasteiger charge is 2.09. The Hall–Kier alpha value is -1.02. The van der Waals surface area contributed by atoms with E-state index in [1.807, 2.05) is 19.1 Å². The van der Waals surface area contributed by atoms with Gasteiger partial charge in [0.2, 0.25) is 0 Å². The first-order valence-electron chi connectivity index (χ1n) is 4.55. The Bertz CT molecular complexity index is 224. The summed E-state index contributed by atoms with van der Waals surface area (Å²) in [5.41, 5.74) is 2.10. The van der Waals surface area contributed by atoms with Crippen LogP contribution in [-0.4, -0.2) is 31.2 Å². The number of hydrogen-bond acceptors (Lipinski definition) is 2. The van der Waals surface area contributed by atoms with E-state index in [-0.39, 0.29) is 0 Å². The maximum Gasteiger partial charge on any atom is 0.0642 e. The van der Waals surface area contributed by atoms with Gasteiger partial charge in [-0.15, -0.1) is 0 Å². The number of allylic oxidation sites excluding steroid dienone is 3. The molecular weight excluding hydrogens is 162 g/mol. The number of ether oxygens (including phenoxy) is 1. The first kappa shape index (κ1) is 10.1. The molecule has 1 rings (SSSR count). The molecule has 1 aliphatic rings. The molecule has 1 saturated heterocycles. The number of morpholine rings is 1. The lowest BCUT2D eigenvalue weighted by atomic mass is 10.2. The van der Waals surface area contributed by atoms with Crippen LogP contribution in [0.2, 0.25) is 0 Å². The third-order valence-electron chi connectivity index (χ3n) is 1.98. The van der Waals surface area contributed by atoms with E-state index < -0.39 is 0 Å². The van der Waals surface area contributed by atoms with Crippen molar-refractivity contribution in [3.63, 3.8) is 0 Å². The van der Waals surface area contributed by atoms with Crippen LogP contribution in [0.3, 0.4) is 0 Å². The van der Waals surface area contributed by atoms with Crippen molar-refractivity contribution in [3.05, 3.63) is 36.6 Å². The first-order chi connectivity index (χ1) is 6.20. The minimum atomic E-state index is 0.805. The standard InChI is InChI=1S/C11H17NO/c1-10(2)4-5-11(3)12-6-8-13-9-7-12/h4-5H,1,3,6-9H2,2H3/b5-4-. The van der Waals surface area contributed by atoms with E-state index in [4.69, 9.17) is 4.74 Å². The highest BCUT2D eigenvalue weighted by molar-refractivity contribution is 5.22. The van der Waals surface area contributed by atoms with Crippen LogP contribution >= 0.6 is 0 Å². The number of rotatable bonds is 3. The SMILES string of the molecule is C=C(C)/C=C\C(=C)N1CCOCC1. The van der Waals surface area contributed by atoms with Crippen molar-refractivity contribution in [1.82, 2.24) is 4.90 Å². The van der Waals surface area contributed by atoms with Gasteiger partial charge >= 0.3 is 0 Å². The van der Waals surface area contributed by atoms with Gasteiger partial charge in [-0.05, 0) is 13.0 Å². The van der Waals surface area contributed by atoms with E-state index in [0.717, 1.165) is 37.6 Å². The van der Waals surface area contributed by atoms with Crippen LogP contribution in [0, 0.1) is 0 Å². The van der Waals surface area contributed by atoms with Gasteiger partial charge in [0.25, 0.3) is 0 Å². The van der Waals surface area contributed by atoms with E-state index in [9.17, 15) is 0 Å². The molecule has 13 heavy (non-hydrogen) atoms. The lowest BCUT2D eigenvalue weighted by Crippen LogP contribution is -2.34. The van der Waals surface area contributed by atoms with Crippen LogP contribution in [0.4, 0.5) is 0 Å². The Labute approximate surface area is 80.2 Å². The molecule has 2 nitrogen and oxygen atoms in total. The highest BCUT2D eigenvalue weighted by Crippen LogP contribution is 2.07. The predicted molar refractivity (Wildman–Crippen MR) is 55.5 cm³/mol. The van der Waals surface area contributed by atoms with Gasteiger partial charge < -0.3 is 9.64 Å². The molecule has 0 bridgehead atoms. The van der Waals surface area contributed by atoms with Crippen molar-refractivity contribution in [2.45, 2.75) is 6.92 Å². The Morgan fingerprint density at radius 3 is 2.38 bits per heavy atom. The fourth-order valence-corrected chi connectivity index (χ4v) is 1.19. The summed E-state index contributed by atoms with van der Waals surface area (Å²) in [6, 6.07) is 0. The molecule has 1 fully saturated rings. The van der Waals surface area contributed by atoms with Crippen LogP contribution in [0.1, 0.15) is 6.92 Å².